The van der Waals surface area contributed by atoms with Crippen molar-refractivity contribution in [3.63, 3.8) is 0 Å². The fraction of sp³-hybridized carbons (Fsp3) is 0.167. The molecular formula is C18H16N4OS2. The minimum Gasteiger partial charge on any atom is -0.350 e. The fourth-order valence-electron chi connectivity index (χ4n) is 2.26. The molecule has 0 spiro atoms. The Kier molecular flexibility index (Phi) is 5.88. The van der Waals surface area contributed by atoms with Crippen LogP contribution in [0.15, 0.2) is 47.8 Å². The number of thiophene rings is 1. The van der Waals surface area contributed by atoms with Crippen molar-refractivity contribution in [1.82, 2.24) is 15.5 Å². The summed E-state index contributed by atoms with van der Waals surface area (Å²) in [5, 5.41) is 20.9. The number of hydrogen-bond acceptors (Lipinski definition) is 5. The first kappa shape index (κ1) is 17.3. The first-order valence-corrected chi connectivity index (χ1v) is 9.74. The molecule has 3 rings (SSSR count). The van der Waals surface area contributed by atoms with Gasteiger partial charge in [0.25, 0.3) is 5.91 Å². The molecule has 7 heteroatoms. The molecule has 0 aliphatic carbocycles. The van der Waals surface area contributed by atoms with Crippen molar-refractivity contribution in [2.45, 2.75) is 5.75 Å². The maximum Gasteiger partial charge on any atom is 0.271 e. The number of nitrogens with zero attached hydrogens (tertiary/aromatic N) is 2. The van der Waals surface area contributed by atoms with Gasteiger partial charge in [-0.1, -0.05) is 24.3 Å². The molecule has 0 radical (unpaired) electrons. The molecule has 5 nitrogen and oxygen atoms in total. The van der Waals surface area contributed by atoms with Crippen LogP contribution in [0.2, 0.25) is 0 Å². The molecule has 25 heavy (non-hydrogen) atoms. The monoisotopic (exact) mass is 368 g/mol. The van der Waals surface area contributed by atoms with Crippen LogP contribution in [0.25, 0.3) is 10.6 Å². The van der Waals surface area contributed by atoms with Crippen LogP contribution in [-0.2, 0) is 5.75 Å². The Hall–Kier alpha value is -2.56. The molecule has 0 saturated heterocycles. The van der Waals surface area contributed by atoms with E-state index < -0.39 is 0 Å². The molecule has 2 heterocycles. The van der Waals surface area contributed by atoms with Crippen molar-refractivity contribution in [1.29, 1.82) is 5.26 Å². The number of hydrogen-bond donors (Lipinski definition) is 2. The molecule has 0 bridgehead atoms. The van der Waals surface area contributed by atoms with E-state index in [1.165, 1.54) is 0 Å². The second-order valence-corrected chi connectivity index (χ2v) is 7.27. The number of aromatic nitrogens is 2. The van der Waals surface area contributed by atoms with E-state index in [1.807, 2.05) is 41.8 Å². The third-order valence-electron chi connectivity index (χ3n) is 3.52. The van der Waals surface area contributed by atoms with Crippen LogP contribution >= 0.6 is 23.1 Å². The van der Waals surface area contributed by atoms with Crippen LogP contribution in [0.4, 0.5) is 0 Å². The van der Waals surface area contributed by atoms with Gasteiger partial charge in [-0.15, -0.1) is 11.3 Å². The second-order valence-electron chi connectivity index (χ2n) is 5.22. The number of rotatable bonds is 7. The van der Waals surface area contributed by atoms with Crippen molar-refractivity contribution in [3.8, 4) is 16.6 Å². The average molecular weight is 368 g/mol. The summed E-state index contributed by atoms with van der Waals surface area (Å²) in [7, 11) is 0. The number of benzene rings is 1. The van der Waals surface area contributed by atoms with Gasteiger partial charge in [-0.25, -0.2) is 0 Å². The highest BCUT2D eigenvalue weighted by Gasteiger charge is 2.11. The lowest BCUT2D eigenvalue weighted by atomic mass is 10.1. The van der Waals surface area contributed by atoms with Gasteiger partial charge < -0.3 is 5.32 Å². The maximum atomic E-state index is 12.1. The van der Waals surface area contributed by atoms with Crippen LogP contribution in [0.5, 0.6) is 0 Å². The number of carbonyl (C=O) groups excluding carboxylic acids is 1. The van der Waals surface area contributed by atoms with Crippen LogP contribution in [0.3, 0.4) is 0 Å². The predicted molar refractivity (Wildman–Crippen MR) is 102 cm³/mol. The largest absolute Gasteiger partial charge is 0.350 e. The number of carbonyl (C=O) groups is 1. The van der Waals surface area contributed by atoms with E-state index >= 15 is 0 Å². The summed E-state index contributed by atoms with van der Waals surface area (Å²) < 4.78 is 0. The van der Waals surface area contributed by atoms with Crippen molar-refractivity contribution in [2.75, 3.05) is 12.3 Å². The molecule has 0 atom stereocenters. The van der Waals surface area contributed by atoms with Crippen LogP contribution in [0, 0.1) is 11.3 Å². The lowest BCUT2D eigenvalue weighted by Crippen LogP contribution is -2.26. The van der Waals surface area contributed by atoms with E-state index in [2.05, 4.69) is 21.6 Å². The molecule has 2 aromatic heterocycles. The Morgan fingerprint density at radius 2 is 2.20 bits per heavy atom. The summed E-state index contributed by atoms with van der Waals surface area (Å²) in [4.78, 5) is 13.2. The zero-order valence-electron chi connectivity index (χ0n) is 13.4. The summed E-state index contributed by atoms with van der Waals surface area (Å²) in [5.41, 5.74) is 2.97. The van der Waals surface area contributed by atoms with Crippen LogP contribution < -0.4 is 5.32 Å². The molecule has 2 N–H and O–H groups in total. The number of nitrogens with one attached hydrogen (secondary N) is 2. The number of H-pyrrole nitrogens is 1. The minimum absolute atomic E-state index is 0.183. The molecule has 126 valence electrons. The molecule has 0 fully saturated rings. The number of aromatic amines is 1. The van der Waals surface area contributed by atoms with E-state index in [0.29, 0.717) is 17.8 Å². The Labute approximate surface area is 154 Å². The van der Waals surface area contributed by atoms with E-state index in [0.717, 1.165) is 27.6 Å². The van der Waals surface area contributed by atoms with Crippen LogP contribution in [-0.4, -0.2) is 28.4 Å². The molecule has 0 aliphatic heterocycles. The topological polar surface area (TPSA) is 81.6 Å². The Bertz CT molecular complexity index is 881. The van der Waals surface area contributed by atoms with E-state index in [9.17, 15) is 4.79 Å². The first-order valence-electron chi connectivity index (χ1n) is 7.71. The van der Waals surface area contributed by atoms with Gasteiger partial charge in [0.1, 0.15) is 0 Å². The number of thioether (sulfide) groups is 1. The van der Waals surface area contributed by atoms with Gasteiger partial charge in [0.2, 0.25) is 0 Å². The van der Waals surface area contributed by atoms with Gasteiger partial charge >= 0.3 is 0 Å². The molecule has 1 aromatic carbocycles. The smallest absolute Gasteiger partial charge is 0.271 e. The lowest BCUT2D eigenvalue weighted by Gasteiger charge is -2.05. The third kappa shape index (κ3) is 4.50. The van der Waals surface area contributed by atoms with E-state index in [1.54, 1.807) is 29.2 Å². The average Bonchev–Trinajstić information content (AvgIpc) is 3.33. The van der Waals surface area contributed by atoms with E-state index in [4.69, 9.17) is 5.26 Å². The third-order valence-corrected chi connectivity index (χ3v) is 5.44. The van der Waals surface area contributed by atoms with E-state index in [-0.39, 0.29) is 5.91 Å². The van der Waals surface area contributed by atoms with Gasteiger partial charge in [0.15, 0.2) is 5.69 Å². The van der Waals surface area contributed by atoms with Crippen molar-refractivity contribution < 1.29 is 4.79 Å². The summed E-state index contributed by atoms with van der Waals surface area (Å²) in [6, 6.07) is 15.5. The molecule has 0 aliphatic rings. The summed E-state index contributed by atoms with van der Waals surface area (Å²) in [6.45, 7) is 0.555. The highest BCUT2D eigenvalue weighted by Crippen LogP contribution is 2.22. The van der Waals surface area contributed by atoms with Gasteiger partial charge in [-0.05, 0) is 29.1 Å². The molecule has 0 unspecified atom stereocenters. The fourth-order valence-corrected chi connectivity index (χ4v) is 3.82. The van der Waals surface area contributed by atoms with Crippen molar-refractivity contribution in [2.24, 2.45) is 0 Å². The standard InChI is InChI=1S/C18H16N4OS2/c19-11-13-4-1-2-5-14(13)12-24-9-7-20-18(23)16-10-15(21-22-16)17-6-3-8-25-17/h1-6,8,10H,7,9,12H2,(H,20,23)(H,21,22). The Morgan fingerprint density at radius 1 is 1.32 bits per heavy atom. The van der Waals surface area contributed by atoms with Crippen LogP contribution in [0.1, 0.15) is 21.6 Å². The summed E-state index contributed by atoms with van der Waals surface area (Å²) >= 11 is 3.28. The minimum atomic E-state index is -0.183. The quantitative estimate of drug-likeness (QED) is 0.624. The zero-order chi connectivity index (χ0) is 17.5. The molecular weight excluding hydrogens is 352 g/mol. The molecule has 0 saturated carbocycles. The molecule has 3 aromatic rings. The summed E-state index contributed by atoms with van der Waals surface area (Å²) in [5.74, 6) is 1.34. The van der Waals surface area contributed by atoms with Gasteiger partial charge in [0.05, 0.1) is 22.2 Å². The Morgan fingerprint density at radius 3 is 3.00 bits per heavy atom. The zero-order valence-corrected chi connectivity index (χ0v) is 15.0. The second kappa shape index (κ2) is 8.51. The maximum absolute atomic E-state index is 12.1. The Balaban J connectivity index is 1.43. The van der Waals surface area contributed by atoms with Gasteiger partial charge in [0, 0.05) is 18.1 Å². The highest BCUT2D eigenvalue weighted by atomic mass is 32.2. The summed E-state index contributed by atoms with van der Waals surface area (Å²) in [6.07, 6.45) is 0. The first-order chi connectivity index (χ1) is 12.3. The predicted octanol–water partition coefficient (Wildman–Crippen LogP) is 3.67. The number of amides is 1. The van der Waals surface area contributed by atoms with Crippen molar-refractivity contribution >= 4 is 29.0 Å². The number of nitriles is 1. The lowest BCUT2D eigenvalue weighted by molar-refractivity contribution is 0.0951. The SMILES string of the molecule is N#Cc1ccccc1CSCCNC(=O)c1cc(-c2cccs2)[nH]n1. The van der Waals surface area contributed by atoms with Gasteiger partial charge in [-0.2, -0.15) is 22.1 Å². The molecule has 1 amide bonds. The highest BCUT2D eigenvalue weighted by molar-refractivity contribution is 7.98. The normalized spacial score (nSPS) is 10.4. The van der Waals surface area contributed by atoms with Gasteiger partial charge in [-0.3, -0.25) is 9.89 Å². The van der Waals surface area contributed by atoms with Crippen molar-refractivity contribution in [3.05, 3.63) is 64.7 Å².